The predicted octanol–water partition coefficient (Wildman–Crippen LogP) is 1.92. The first-order valence-corrected chi connectivity index (χ1v) is 3.81. The van der Waals surface area contributed by atoms with Crippen LogP contribution in [0.5, 0.6) is 0 Å². The zero-order valence-corrected chi connectivity index (χ0v) is 7.03. The van der Waals surface area contributed by atoms with Crippen molar-refractivity contribution in [3.63, 3.8) is 0 Å². The molecule has 0 saturated carbocycles. The topological polar surface area (TPSA) is 49.9 Å². The van der Waals surface area contributed by atoms with E-state index >= 15 is 0 Å². The average Bonchev–Trinajstić information content (AvgIpc) is 2.17. The fraction of sp³-hybridized carbons (Fsp3) is 0.286. The number of hydrogen-bond acceptors (Lipinski definition) is 2. The third-order valence-corrected chi connectivity index (χ3v) is 1.84. The summed E-state index contributed by atoms with van der Waals surface area (Å²) in [6.45, 7) is 4.24. The van der Waals surface area contributed by atoms with E-state index in [1.54, 1.807) is 11.3 Å². The van der Waals surface area contributed by atoms with E-state index in [4.69, 9.17) is 5.41 Å². The molecule has 0 unspecified atom stereocenters. The highest BCUT2D eigenvalue weighted by Gasteiger charge is 1.84. The molecule has 1 aromatic rings. The van der Waals surface area contributed by atoms with Crippen LogP contribution < -0.4 is 5.73 Å². The van der Waals surface area contributed by atoms with Crippen LogP contribution in [0, 0.1) is 19.3 Å². The second-order valence-electron chi connectivity index (χ2n) is 1.90. The monoisotopic (exact) mass is 156 g/mol. The molecule has 0 fully saturated rings. The minimum absolute atomic E-state index is 0.750. The minimum Gasteiger partial charge on any atom is -0.390 e. The van der Waals surface area contributed by atoms with Crippen LogP contribution in [0.4, 0.5) is 0 Å². The quantitative estimate of drug-likeness (QED) is 0.437. The molecule has 0 aliphatic carbocycles. The Morgan fingerprint density at radius 3 is 2.20 bits per heavy atom. The van der Waals surface area contributed by atoms with Gasteiger partial charge in [-0.15, -0.1) is 11.3 Å². The van der Waals surface area contributed by atoms with Crippen molar-refractivity contribution in [2.24, 2.45) is 5.73 Å². The molecular formula is C7H12N2S. The van der Waals surface area contributed by atoms with E-state index in [9.17, 15) is 0 Å². The molecule has 0 aromatic carbocycles. The molecule has 0 saturated heterocycles. The molecule has 0 radical (unpaired) electrons. The summed E-state index contributed by atoms with van der Waals surface area (Å²) in [7, 11) is 0. The normalized spacial score (nSPS) is 7.80. The Kier molecular flexibility index (Phi) is 4.58. The van der Waals surface area contributed by atoms with E-state index in [1.807, 2.05) is 0 Å². The van der Waals surface area contributed by atoms with Crippen molar-refractivity contribution < 1.29 is 0 Å². The third-order valence-electron chi connectivity index (χ3n) is 0.862. The lowest BCUT2D eigenvalue weighted by Crippen LogP contribution is -1.81. The Bertz CT molecular complexity index is 177. The van der Waals surface area contributed by atoms with Crippen LogP contribution in [0.3, 0.4) is 0 Å². The Labute approximate surface area is 65.2 Å². The van der Waals surface area contributed by atoms with Crippen molar-refractivity contribution in [3.8, 4) is 0 Å². The molecule has 3 N–H and O–H groups in total. The van der Waals surface area contributed by atoms with Gasteiger partial charge in [-0.05, 0) is 30.9 Å². The maximum absolute atomic E-state index is 5.86. The van der Waals surface area contributed by atoms with Crippen LogP contribution in [0.1, 0.15) is 10.4 Å². The highest BCUT2D eigenvalue weighted by atomic mass is 32.1. The van der Waals surface area contributed by atoms with Gasteiger partial charge in [0.05, 0.1) is 6.34 Å². The van der Waals surface area contributed by atoms with Crippen LogP contribution in [0.2, 0.25) is 0 Å². The smallest absolute Gasteiger partial charge is 0.0765 e. The Balaban J connectivity index is 0.000000236. The molecule has 1 aromatic heterocycles. The molecular weight excluding hydrogens is 144 g/mol. The molecule has 0 spiro atoms. The number of rotatable bonds is 0. The van der Waals surface area contributed by atoms with E-state index < -0.39 is 0 Å². The van der Waals surface area contributed by atoms with Gasteiger partial charge in [-0.25, -0.2) is 0 Å². The first-order valence-electron chi connectivity index (χ1n) is 2.93. The van der Waals surface area contributed by atoms with Gasteiger partial charge in [0, 0.05) is 4.88 Å². The molecule has 56 valence electrons. The van der Waals surface area contributed by atoms with Crippen molar-refractivity contribution in [3.05, 3.63) is 21.9 Å². The summed E-state index contributed by atoms with van der Waals surface area (Å²) >= 11 is 1.80. The fourth-order valence-corrected chi connectivity index (χ4v) is 1.27. The lowest BCUT2D eigenvalue weighted by Gasteiger charge is -1.70. The minimum atomic E-state index is 0.750. The van der Waals surface area contributed by atoms with E-state index in [0.717, 1.165) is 6.34 Å². The summed E-state index contributed by atoms with van der Waals surface area (Å²) in [4.78, 5) is 1.40. The standard InChI is InChI=1S/C6H8S.CH4N2/c1-5-3-6(2)7-4-5;2-1-3/h3-4H,1-2H3;1H,(H3,2,3). The molecule has 0 amide bonds. The first-order chi connectivity index (χ1) is 4.70. The molecule has 0 aliphatic rings. The summed E-state index contributed by atoms with van der Waals surface area (Å²) in [5, 5.41) is 8.02. The van der Waals surface area contributed by atoms with E-state index in [-0.39, 0.29) is 0 Å². The molecule has 3 heteroatoms. The molecule has 0 bridgehead atoms. The van der Waals surface area contributed by atoms with Crippen LogP contribution >= 0.6 is 11.3 Å². The second kappa shape index (κ2) is 4.99. The van der Waals surface area contributed by atoms with Crippen LogP contribution in [-0.2, 0) is 0 Å². The van der Waals surface area contributed by atoms with E-state index in [0.29, 0.717) is 0 Å². The van der Waals surface area contributed by atoms with E-state index in [1.165, 1.54) is 10.4 Å². The summed E-state index contributed by atoms with van der Waals surface area (Å²) in [5.41, 5.74) is 5.77. The lowest BCUT2D eigenvalue weighted by atomic mass is 10.4. The van der Waals surface area contributed by atoms with Crippen molar-refractivity contribution in [1.82, 2.24) is 0 Å². The van der Waals surface area contributed by atoms with Crippen molar-refractivity contribution in [1.29, 1.82) is 5.41 Å². The zero-order chi connectivity index (χ0) is 7.98. The predicted molar refractivity (Wildman–Crippen MR) is 46.8 cm³/mol. The van der Waals surface area contributed by atoms with Crippen LogP contribution in [-0.4, -0.2) is 6.34 Å². The molecule has 2 nitrogen and oxygen atoms in total. The fourth-order valence-electron chi connectivity index (χ4n) is 0.575. The number of thiophene rings is 1. The lowest BCUT2D eigenvalue weighted by molar-refractivity contribution is 1.51. The number of nitrogens with two attached hydrogens (primary N) is 1. The zero-order valence-electron chi connectivity index (χ0n) is 6.22. The number of nitrogens with one attached hydrogen (secondary N) is 1. The summed E-state index contributed by atoms with van der Waals surface area (Å²) in [6.07, 6.45) is 0.750. The summed E-state index contributed by atoms with van der Waals surface area (Å²) in [6, 6.07) is 2.19. The molecule has 0 aliphatic heterocycles. The summed E-state index contributed by atoms with van der Waals surface area (Å²) < 4.78 is 0. The van der Waals surface area contributed by atoms with Gasteiger partial charge in [-0.2, -0.15) is 0 Å². The van der Waals surface area contributed by atoms with Gasteiger partial charge in [0.2, 0.25) is 0 Å². The number of hydrogen-bond donors (Lipinski definition) is 2. The Morgan fingerprint density at radius 1 is 1.60 bits per heavy atom. The van der Waals surface area contributed by atoms with Crippen LogP contribution in [0.25, 0.3) is 0 Å². The highest BCUT2D eigenvalue weighted by Crippen LogP contribution is 2.10. The van der Waals surface area contributed by atoms with E-state index in [2.05, 4.69) is 31.0 Å². The van der Waals surface area contributed by atoms with Crippen molar-refractivity contribution >= 4 is 17.7 Å². The highest BCUT2D eigenvalue weighted by molar-refractivity contribution is 7.10. The van der Waals surface area contributed by atoms with Crippen LogP contribution in [0.15, 0.2) is 11.4 Å². The molecule has 1 heterocycles. The molecule has 10 heavy (non-hydrogen) atoms. The SMILES string of the molecule is Cc1csc(C)c1.N=CN. The maximum atomic E-state index is 5.86. The molecule has 1 rings (SSSR count). The number of aryl methyl sites for hydroxylation is 2. The maximum Gasteiger partial charge on any atom is 0.0765 e. The van der Waals surface area contributed by atoms with Gasteiger partial charge in [-0.3, -0.25) is 5.41 Å². The van der Waals surface area contributed by atoms with Gasteiger partial charge >= 0.3 is 0 Å². The van der Waals surface area contributed by atoms with Crippen molar-refractivity contribution in [2.75, 3.05) is 0 Å². The molecule has 0 atom stereocenters. The average molecular weight is 156 g/mol. The largest absolute Gasteiger partial charge is 0.390 e. The first kappa shape index (κ1) is 9.17. The van der Waals surface area contributed by atoms with Gasteiger partial charge in [-0.1, -0.05) is 0 Å². The van der Waals surface area contributed by atoms with Gasteiger partial charge in [0.1, 0.15) is 0 Å². The third kappa shape index (κ3) is 4.09. The Hall–Kier alpha value is -0.830. The van der Waals surface area contributed by atoms with Gasteiger partial charge < -0.3 is 5.73 Å². The van der Waals surface area contributed by atoms with Crippen molar-refractivity contribution in [2.45, 2.75) is 13.8 Å². The second-order valence-corrected chi connectivity index (χ2v) is 3.02. The van der Waals surface area contributed by atoms with Gasteiger partial charge in [0.15, 0.2) is 0 Å². The Morgan fingerprint density at radius 2 is 2.10 bits per heavy atom. The van der Waals surface area contributed by atoms with Gasteiger partial charge in [0.25, 0.3) is 0 Å². The summed E-state index contributed by atoms with van der Waals surface area (Å²) in [5.74, 6) is 0.